The Morgan fingerprint density at radius 1 is 1.08 bits per heavy atom. The number of pyridine rings is 3. The number of morpholine rings is 1. The molecule has 4 aromatic rings. The summed E-state index contributed by atoms with van der Waals surface area (Å²) in [6.07, 6.45) is 4.55. The van der Waals surface area contributed by atoms with Gasteiger partial charge in [-0.2, -0.15) is 0 Å². The van der Waals surface area contributed by atoms with Crippen molar-refractivity contribution in [2.45, 2.75) is 25.5 Å². The largest absolute Gasteiger partial charge is 0.393 e. The molecule has 2 saturated heterocycles. The highest BCUT2D eigenvalue weighted by molar-refractivity contribution is 5.94. The molecule has 0 amide bonds. The predicted molar refractivity (Wildman–Crippen MR) is 149 cm³/mol. The molecule has 0 saturated carbocycles. The molecule has 202 valence electrons. The number of halogens is 1. The molecule has 2 aliphatic rings. The first kappa shape index (κ1) is 25.4. The number of benzene rings is 1. The minimum Gasteiger partial charge on any atom is -0.393 e. The summed E-state index contributed by atoms with van der Waals surface area (Å²) in [7, 11) is 0. The van der Waals surface area contributed by atoms with Crippen LogP contribution in [0.5, 0.6) is 0 Å². The minimum absolute atomic E-state index is 0.243. The van der Waals surface area contributed by atoms with Crippen LogP contribution >= 0.6 is 0 Å². The summed E-state index contributed by atoms with van der Waals surface area (Å²) in [5.41, 5.74) is 3.43. The Hall–Kier alpha value is -3.86. The second-order valence-corrected chi connectivity index (χ2v) is 10.1. The Labute approximate surface area is 225 Å². The highest BCUT2D eigenvalue weighted by Gasteiger charge is 2.19. The van der Waals surface area contributed by atoms with E-state index in [2.05, 4.69) is 30.1 Å². The number of ether oxygens (including phenoxy) is 1. The molecule has 0 unspecified atom stereocenters. The predicted octanol–water partition coefficient (Wildman–Crippen LogP) is 3.66. The van der Waals surface area contributed by atoms with Crippen LogP contribution in [0.2, 0.25) is 0 Å². The van der Waals surface area contributed by atoms with Gasteiger partial charge in [0, 0.05) is 44.5 Å². The monoisotopic (exact) mass is 530 g/mol. The van der Waals surface area contributed by atoms with E-state index in [0.717, 1.165) is 50.3 Å². The zero-order valence-corrected chi connectivity index (χ0v) is 21.6. The summed E-state index contributed by atoms with van der Waals surface area (Å²) in [6, 6.07) is 12.3. The van der Waals surface area contributed by atoms with Gasteiger partial charge in [0.25, 0.3) is 5.56 Å². The number of nitrogens with one attached hydrogen (secondary N) is 2. The number of aliphatic hydroxyl groups is 1. The van der Waals surface area contributed by atoms with Crippen LogP contribution in [0.25, 0.3) is 22.2 Å². The number of fused-ring (bicyclic) bond motifs is 1. The normalized spacial score (nSPS) is 17.0. The van der Waals surface area contributed by atoms with Gasteiger partial charge < -0.3 is 25.0 Å². The van der Waals surface area contributed by atoms with Gasteiger partial charge in [0.2, 0.25) is 0 Å². The molecule has 3 aromatic heterocycles. The van der Waals surface area contributed by atoms with Crippen LogP contribution in [0.15, 0.2) is 59.7 Å². The first-order chi connectivity index (χ1) is 19.0. The molecule has 5 heterocycles. The lowest BCUT2D eigenvalue weighted by Gasteiger charge is -2.31. The third kappa shape index (κ3) is 5.63. The summed E-state index contributed by atoms with van der Waals surface area (Å²) in [5.74, 6) is 0.177. The number of aliphatic hydroxyl groups excluding tert-OH is 1. The van der Waals surface area contributed by atoms with E-state index in [0.29, 0.717) is 53.4 Å². The molecule has 2 fully saturated rings. The second kappa shape index (κ2) is 11.1. The summed E-state index contributed by atoms with van der Waals surface area (Å²) >= 11 is 0. The molecule has 0 bridgehead atoms. The van der Waals surface area contributed by atoms with Crippen molar-refractivity contribution in [3.63, 3.8) is 0 Å². The van der Waals surface area contributed by atoms with Crippen molar-refractivity contribution in [2.75, 3.05) is 49.6 Å². The molecule has 9 nitrogen and oxygen atoms in total. The van der Waals surface area contributed by atoms with Crippen molar-refractivity contribution in [1.29, 1.82) is 0 Å². The number of nitrogens with zero attached hydrogens (tertiary/aromatic N) is 4. The quantitative estimate of drug-likeness (QED) is 0.347. The summed E-state index contributed by atoms with van der Waals surface area (Å²) in [4.78, 5) is 29.2. The van der Waals surface area contributed by atoms with E-state index in [-0.39, 0.29) is 17.5 Å². The molecule has 6 rings (SSSR count). The number of H-pyrrole nitrogens is 1. The topological polar surface area (TPSA) is 107 Å². The number of anilines is 3. The minimum atomic E-state index is -0.377. The third-order valence-corrected chi connectivity index (χ3v) is 7.39. The van der Waals surface area contributed by atoms with Gasteiger partial charge in [-0.25, -0.2) is 14.4 Å². The average molecular weight is 531 g/mol. The fourth-order valence-corrected chi connectivity index (χ4v) is 5.22. The standard InChI is InChI=1S/C29H31FN6O3/c30-23-3-1-19(18-35-11-13-39-14-12-35)15-22(23)25-16-26(28-24(33-25)5-8-31-29(28)38)34-27-4-2-20(17-32-27)36-9-6-21(37)7-10-36/h1-5,8,15-17,21,37H,6-7,9-14,18H2,(H,31,38)(H,32,33,34). The van der Waals surface area contributed by atoms with Gasteiger partial charge >= 0.3 is 0 Å². The van der Waals surface area contributed by atoms with Crippen LogP contribution in [-0.2, 0) is 11.3 Å². The number of aromatic nitrogens is 3. The van der Waals surface area contributed by atoms with Crippen LogP contribution in [0.1, 0.15) is 18.4 Å². The van der Waals surface area contributed by atoms with Crippen LogP contribution in [0.4, 0.5) is 21.6 Å². The van der Waals surface area contributed by atoms with Crippen molar-refractivity contribution in [2.24, 2.45) is 0 Å². The lowest BCUT2D eigenvalue weighted by atomic mass is 10.0. The van der Waals surface area contributed by atoms with Crippen LogP contribution in [0, 0.1) is 5.82 Å². The molecule has 0 radical (unpaired) electrons. The number of aromatic amines is 1. The number of piperidine rings is 1. The second-order valence-electron chi connectivity index (χ2n) is 10.1. The van der Waals surface area contributed by atoms with Gasteiger partial charge in [-0.05, 0) is 54.8 Å². The molecule has 2 aliphatic heterocycles. The van der Waals surface area contributed by atoms with Crippen molar-refractivity contribution in [3.05, 3.63) is 76.6 Å². The smallest absolute Gasteiger partial charge is 0.259 e. The highest BCUT2D eigenvalue weighted by Crippen LogP contribution is 2.31. The molecule has 0 aliphatic carbocycles. The first-order valence-corrected chi connectivity index (χ1v) is 13.3. The fourth-order valence-electron chi connectivity index (χ4n) is 5.22. The SMILES string of the molecule is O=c1[nH]ccc2nc(-c3cc(CN4CCOCC4)ccc3F)cc(Nc3ccc(N4CCC(O)CC4)cn3)c12. The van der Waals surface area contributed by atoms with Gasteiger partial charge in [0.05, 0.1) is 53.5 Å². The van der Waals surface area contributed by atoms with Gasteiger partial charge in [-0.1, -0.05) is 6.07 Å². The van der Waals surface area contributed by atoms with Crippen LogP contribution < -0.4 is 15.8 Å². The Bertz CT molecular complexity index is 1510. The molecule has 0 spiro atoms. The Kier molecular flexibility index (Phi) is 7.23. The van der Waals surface area contributed by atoms with Crippen molar-refractivity contribution in [3.8, 4) is 11.3 Å². The van der Waals surface area contributed by atoms with Gasteiger partial charge in [-0.3, -0.25) is 9.69 Å². The van der Waals surface area contributed by atoms with E-state index in [1.165, 1.54) is 6.07 Å². The average Bonchev–Trinajstić information content (AvgIpc) is 2.95. The third-order valence-electron chi connectivity index (χ3n) is 7.39. The van der Waals surface area contributed by atoms with E-state index < -0.39 is 0 Å². The molecule has 1 aromatic carbocycles. The Morgan fingerprint density at radius 3 is 2.67 bits per heavy atom. The molecule has 10 heteroatoms. The van der Waals surface area contributed by atoms with E-state index >= 15 is 4.39 Å². The fraction of sp³-hybridized carbons (Fsp3) is 0.345. The van der Waals surface area contributed by atoms with E-state index in [4.69, 9.17) is 4.74 Å². The van der Waals surface area contributed by atoms with Gasteiger partial charge in [0.1, 0.15) is 11.6 Å². The lowest BCUT2D eigenvalue weighted by Crippen LogP contribution is -2.35. The Balaban J connectivity index is 1.32. The zero-order valence-electron chi connectivity index (χ0n) is 21.6. The first-order valence-electron chi connectivity index (χ1n) is 13.3. The maximum absolute atomic E-state index is 15.1. The van der Waals surface area contributed by atoms with Crippen LogP contribution in [0.3, 0.4) is 0 Å². The number of hydrogen-bond acceptors (Lipinski definition) is 8. The maximum atomic E-state index is 15.1. The summed E-state index contributed by atoms with van der Waals surface area (Å²) < 4.78 is 20.6. The van der Waals surface area contributed by atoms with Crippen molar-refractivity contribution in [1.82, 2.24) is 19.9 Å². The molecule has 0 atom stereocenters. The molecular formula is C29H31FN6O3. The summed E-state index contributed by atoms with van der Waals surface area (Å²) in [6.45, 7) is 5.31. The van der Waals surface area contributed by atoms with E-state index in [1.54, 1.807) is 30.6 Å². The van der Waals surface area contributed by atoms with Crippen molar-refractivity contribution >= 4 is 28.1 Å². The summed E-state index contributed by atoms with van der Waals surface area (Å²) in [5, 5.41) is 13.4. The van der Waals surface area contributed by atoms with Gasteiger partial charge in [-0.15, -0.1) is 0 Å². The van der Waals surface area contributed by atoms with E-state index in [1.807, 2.05) is 18.2 Å². The molecule has 3 N–H and O–H groups in total. The van der Waals surface area contributed by atoms with Crippen molar-refractivity contribution < 1.29 is 14.2 Å². The highest BCUT2D eigenvalue weighted by atomic mass is 19.1. The number of hydrogen-bond donors (Lipinski definition) is 3. The molecular weight excluding hydrogens is 499 g/mol. The number of rotatable bonds is 6. The zero-order chi connectivity index (χ0) is 26.8. The lowest BCUT2D eigenvalue weighted by molar-refractivity contribution is 0.0342. The maximum Gasteiger partial charge on any atom is 0.259 e. The Morgan fingerprint density at radius 2 is 1.90 bits per heavy atom. The van der Waals surface area contributed by atoms with Gasteiger partial charge in [0.15, 0.2) is 0 Å². The van der Waals surface area contributed by atoms with E-state index in [9.17, 15) is 9.90 Å². The molecule has 39 heavy (non-hydrogen) atoms. The van der Waals surface area contributed by atoms with Crippen LogP contribution in [-0.4, -0.2) is 70.5 Å².